The molecule has 0 aliphatic rings. The summed E-state index contributed by atoms with van der Waals surface area (Å²) < 4.78 is 10.5. The SMILES string of the molecule is O=C(Nc1cc2oc(=O)sc2cc1O)OCc1ccccc1. The fourth-order valence-electron chi connectivity index (χ4n) is 1.88. The number of ether oxygens (including phenoxy) is 1. The van der Waals surface area contributed by atoms with Crippen LogP contribution < -0.4 is 10.3 Å². The number of rotatable bonds is 3. The van der Waals surface area contributed by atoms with E-state index >= 15 is 0 Å². The number of phenols is 1. The predicted octanol–water partition coefficient (Wildman–Crippen LogP) is 3.31. The van der Waals surface area contributed by atoms with Gasteiger partial charge in [0, 0.05) is 12.1 Å². The highest BCUT2D eigenvalue weighted by atomic mass is 32.1. The third kappa shape index (κ3) is 3.09. The summed E-state index contributed by atoms with van der Waals surface area (Å²) in [6.45, 7) is 0.114. The second kappa shape index (κ2) is 5.90. The van der Waals surface area contributed by atoms with Crippen molar-refractivity contribution in [3.63, 3.8) is 0 Å². The van der Waals surface area contributed by atoms with E-state index in [0.29, 0.717) is 10.3 Å². The Bertz CT molecular complexity index is 869. The van der Waals surface area contributed by atoms with Gasteiger partial charge in [-0.25, -0.2) is 9.59 Å². The van der Waals surface area contributed by atoms with Crippen LogP contribution in [0.2, 0.25) is 0 Å². The lowest BCUT2D eigenvalue weighted by atomic mass is 10.2. The molecule has 3 aromatic rings. The summed E-state index contributed by atoms with van der Waals surface area (Å²) in [5.74, 6) is -0.166. The van der Waals surface area contributed by atoms with E-state index in [2.05, 4.69) is 5.32 Å². The van der Waals surface area contributed by atoms with Gasteiger partial charge < -0.3 is 14.3 Å². The molecule has 0 bridgehead atoms. The summed E-state index contributed by atoms with van der Waals surface area (Å²) in [6.07, 6.45) is -0.712. The van der Waals surface area contributed by atoms with Gasteiger partial charge in [-0.3, -0.25) is 5.32 Å². The normalized spacial score (nSPS) is 10.5. The number of benzene rings is 2. The Kier molecular flexibility index (Phi) is 3.80. The van der Waals surface area contributed by atoms with Gasteiger partial charge in [-0.05, 0) is 5.56 Å². The Morgan fingerprint density at radius 1 is 1.27 bits per heavy atom. The quantitative estimate of drug-likeness (QED) is 0.723. The minimum atomic E-state index is -0.712. The number of hydrogen-bond acceptors (Lipinski definition) is 6. The van der Waals surface area contributed by atoms with Crippen molar-refractivity contribution in [1.82, 2.24) is 0 Å². The van der Waals surface area contributed by atoms with Crippen LogP contribution in [0.3, 0.4) is 0 Å². The molecule has 3 rings (SSSR count). The summed E-state index contributed by atoms with van der Waals surface area (Å²) in [7, 11) is 0. The van der Waals surface area contributed by atoms with Crippen LogP contribution >= 0.6 is 11.3 Å². The second-order valence-electron chi connectivity index (χ2n) is 4.46. The first-order valence-electron chi connectivity index (χ1n) is 6.36. The summed E-state index contributed by atoms with van der Waals surface area (Å²) in [6, 6.07) is 12.0. The van der Waals surface area contributed by atoms with Crippen molar-refractivity contribution >= 4 is 33.4 Å². The molecule has 1 amide bonds. The van der Waals surface area contributed by atoms with Gasteiger partial charge in [0.15, 0.2) is 5.58 Å². The van der Waals surface area contributed by atoms with Crippen LogP contribution in [-0.4, -0.2) is 11.2 Å². The highest BCUT2D eigenvalue weighted by molar-refractivity contribution is 7.16. The minimum Gasteiger partial charge on any atom is -0.506 e. The van der Waals surface area contributed by atoms with E-state index in [4.69, 9.17) is 9.15 Å². The van der Waals surface area contributed by atoms with Crippen LogP contribution in [0.1, 0.15) is 5.56 Å². The molecule has 0 aliphatic carbocycles. The average molecular weight is 317 g/mol. The molecular weight excluding hydrogens is 306 g/mol. The summed E-state index contributed by atoms with van der Waals surface area (Å²) in [4.78, 5) is 22.4. The maximum atomic E-state index is 11.7. The van der Waals surface area contributed by atoms with E-state index < -0.39 is 11.0 Å². The molecule has 7 heteroatoms. The van der Waals surface area contributed by atoms with E-state index in [-0.39, 0.29) is 18.0 Å². The van der Waals surface area contributed by atoms with Crippen molar-refractivity contribution in [3.05, 3.63) is 57.8 Å². The minimum absolute atomic E-state index is 0.114. The number of hydrogen-bond donors (Lipinski definition) is 2. The third-order valence-corrected chi connectivity index (χ3v) is 3.69. The Balaban J connectivity index is 1.71. The zero-order valence-corrected chi connectivity index (χ0v) is 12.1. The standard InChI is InChI=1S/C15H11NO5S/c17-11-7-13-12(21-15(19)22-13)6-10(11)16-14(18)20-8-9-4-2-1-3-5-9/h1-7,17H,8H2,(H,16,18). The number of amides is 1. The van der Waals surface area contributed by atoms with E-state index in [1.54, 1.807) is 0 Å². The van der Waals surface area contributed by atoms with E-state index in [0.717, 1.165) is 16.9 Å². The zero-order chi connectivity index (χ0) is 15.5. The van der Waals surface area contributed by atoms with Crippen LogP contribution in [0, 0.1) is 0 Å². The van der Waals surface area contributed by atoms with Gasteiger partial charge in [0.25, 0.3) is 0 Å². The molecule has 0 radical (unpaired) electrons. The van der Waals surface area contributed by atoms with Crippen LogP contribution in [0.5, 0.6) is 5.75 Å². The van der Waals surface area contributed by atoms with Crippen LogP contribution in [0.15, 0.2) is 51.7 Å². The number of carbonyl (C=O) groups is 1. The molecule has 2 N–H and O–H groups in total. The molecule has 0 spiro atoms. The Labute approximate surface area is 128 Å². The number of carbonyl (C=O) groups excluding carboxylic acids is 1. The summed E-state index contributed by atoms with van der Waals surface area (Å²) in [5.41, 5.74) is 1.26. The van der Waals surface area contributed by atoms with E-state index in [1.165, 1.54) is 12.1 Å². The topological polar surface area (TPSA) is 88.8 Å². The fourth-order valence-corrected chi connectivity index (χ4v) is 2.56. The molecule has 2 aromatic carbocycles. The lowest BCUT2D eigenvalue weighted by Gasteiger charge is -2.08. The van der Waals surface area contributed by atoms with Crippen molar-refractivity contribution < 1.29 is 19.1 Å². The molecule has 0 unspecified atom stereocenters. The Morgan fingerprint density at radius 3 is 2.82 bits per heavy atom. The highest BCUT2D eigenvalue weighted by Gasteiger charge is 2.12. The van der Waals surface area contributed by atoms with Crippen molar-refractivity contribution in [1.29, 1.82) is 0 Å². The zero-order valence-electron chi connectivity index (χ0n) is 11.2. The Hall–Kier alpha value is -2.80. The molecule has 0 aliphatic heterocycles. The molecule has 0 saturated carbocycles. The van der Waals surface area contributed by atoms with Gasteiger partial charge >= 0.3 is 11.0 Å². The van der Waals surface area contributed by atoms with E-state index in [1.807, 2.05) is 30.3 Å². The Morgan fingerprint density at radius 2 is 2.05 bits per heavy atom. The molecule has 1 aromatic heterocycles. The molecular formula is C15H11NO5S. The average Bonchev–Trinajstić information content (AvgIpc) is 2.85. The first-order valence-corrected chi connectivity index (χ1v) is 7.18. The lowest BCUT2D eigenvalue weighted by Crippen LogP contribution is -2.13. The lowest BCUT2D eigenvalue weighted by molar-refractivity contribution is 0.155. The largest absolute Gasteiger partial charge is 0.506 e. The number of nitrogens with one attached hydrogen (secondary N) is 1. The molecule has 6 nitrogen and oxygen atoms in total. The molecule has 0 saturated heterocycles. The smallest absolute Gasteiger partial charge is 0.412 e. The van der Waals surface area contributed by atoms with Gasteiger partial charge in [-0.2, -0.15) is 0 Å². The van der Waals surface area contributed by atoms with Crippen LogP contribution in [0.4, 0.5) is 10.5 Å². The summed E-state index contributed by atoms with van der Waals surface area (Å²) in [5, 5.41) is 12.3. The highest BCUT2D eigenvalue weighted by Crippen LogP contribution is 2.30. The van der Waals surface area contributed by atoms with Gasteiger partial charge in [0.05, 0.1) is 10.4 Å². The number of aromatic hydroxyl groups is 1. The molecule has 1 heterocycles. The van der Waals surface area contributed by atoms with E-state index in [9.17, 15) is 14.7 Å². The number of fused-ring (bicyclic) bond motifs is 1. The monoisotopic (exact) mass is 317 g/mol. The summed E-state index contributed by atoms with van der Waals surface area (Å²) >= 11 is 0.875. The van der Waals surface area contributed by atoms with Crippen molar-refractivity contribution in [2.45, 2.75) is 6.61 Å². The maximum absolute atomic E-state index is 11.7. The molecule has 0 fully saturated rings. The fraction of sp³-hybridized carbons (Fsp3) is 0.0667. The molecule has 0 atom stereocenters. The number of phenolic OH excluding ortho intramolecular Hbond substituents is 1. The number of anilines is 1. The van der Waals surface area contributed by atoms with Crippen LogP contribution in [-0.2, 0) is 11.3 Å². The van der Waals surface area contributed by atoms with Gasteiger partial charge in [0.1, 0.15) is 12.4 Å². The molecule has 112 valence electrons. The maximum Gasteiger partial charge on any atom is 0.412 e. The first-order chi connectivity index (χ1) is 10.6. The van der Waals surface area contributed by atoms with Crippen LogP contribution in [0.25, 0.3) is 10.3 Å². The second-order valence-corrected chi connectivity index (χ2v) is 5.43. The van der Waals surface area contributed by atoms with Crippen molar-refractivity contribution in [3.8, 4) is 5.75 Å². The van der Waals surface area contributed by atoms with Crippen molar-refractivity contribution in [2.75, 3.05) is 5.32 Å². The van der Waals surface area contributed by atoms with Gasteiger partial charge in [-0.1, -0.05) is 41.7 Å². The van der Waals surface area contributed by atoms with Gasteiger partial charge in [0.2, 0.25) is 0 Å². The molecule has 22 heavy (non-hydrogen) atoms. The first kappa shape index (κ1) is 14.2. The van der Waals surface area contributed by atoms with Crippen molar-refractivity contribution in [2.24, 2.45) is 0 Å². The van der Waals surface area contributed by atoms with Gasteiger partial charge in [-0.15, -0.1) is 0 Å². The predicted molar refractivity (Wildman–Crippen MR) is 82.3 cm³/mol. The third-order valence-electron chi connectivity index (χ3n) is 2.90.